The van der Waals surface area contributed by atoms with Gasteiger partial charge in [-0.25, -0.2) is 9.59 Å². The standard InChI is InChI=1S/C21H26O6/c1-12(2)16(11-22)8-7-15-9-17(26-20(15)24)18(13(3)4)21(25-6)10-14(5)19(23)27-21/h9-11,17-18H,3,7-8H2,1-2,4-6H3/t17-,18-,21+/m1/s1. The molecule has 0 aromatic rings. The third-order valence-electron chi connectivity index (χ3n) is 4.92. The molecule has 0 N–H and O–H groups in total. The molecule has 27 heavy (non-hydrogen) atoms. The van der Waals surface area contributed by atoms with Gasteiger partial charge in [0, 0.05) is 18.3 Å². The lowest BCUT2D eigenvalue weighted by molar-refractivity contribution is -0.213. The van der Waals surface area contributed by atoms with Crippen LogP contribution in [0.4, 0.5) is 0 Å². The minimum absolute atomic E-state index is 0.395. The minimum atomic E-state index is -1.36. The van der Waals surface area contributed by atoms with Gasteiger partial charge < -0.3 is 14.2 Å². The van der Waals surface area contributed by atoms with Gasteiger partial charge in [0.15, 0.2) is 0 Å². The number of carbonyl (C=O) groups excluding carboxylic acids is 3. The Kier molecular flexibility index (Phi) is 6.21. The monoisotopic (exact) mass is 374 g/mol. The van der Waals surface area contributed by atoms with Gasteiger partial charge in [-0.15, -0.1) is 0 Å². The van der Waals surface area contributed by atoms with E-state index in [9.17, 15) is 14.4 Å². The molecule has 0 aliphatic carbocycles. The van der Waals surface area contributed by atoms with Gasteiger partial charge in [0.1, 0.15) is 12.4 Å². The number of cyclic esters (lactones) is 2. The number of hydrogen-bond donors (Lipinski definition) is 0. The Morgan fingerprint density at radius 1 is 1.33 bits per heavy atom. The van der Waals surface area contributed by atoms with Gasteiger partial charge in [-0.3, -0.25) is 4.79 Å². The van der Waals surface area contributed by atoms with Crippen LogP contribution in [0.25, 0.3) is 0 Å². The highest BCUT2D eigenvalue weighted by molar-refractivity contribution is 5.92. The molecule has 0 amide bonds. The van der Waals surface area contributed by atoms with Gasteiger partial charge in [-0.05, 0) is 58.3 Å². The van der Waals surface area contributed by atoms with Crippen LogP contribution in [0.15, 0.2) is 46.6 Å². The summed E-state index contributed by atoms with van der Waals surface area (Å²) < 4.78 is 16.5. The van der Waals surface area contributed by atoms with Crippen molar-refractivity contribution in [3.8, 4) is 0 Å². The summed E-state index contributed by atoms with van der Waals surface area (Å²) in [5.41, 5.74) is 3.16. The summed E-state index contributed by atoms with van der Waals surface area (Å²) in [4.78, 5) is 35.4. The van der Waals surface area contributed by atoms with Crippen molar-refractivity contribution in [3.63, 3.8) is 0 Å². The smallest absolute Gasteiger partial charge is 0.336 e. The molecule has 2 heterocycles. The van der Waals surface area contributed by atoms with Crippen molar-refractivity contribution >= 4 is 18.2 Å². The Morgan fingerprint density at radius 3 is 2.44 bits per heavy atom. The predicted molar refractivity (Wildman–Crippen MR) is 99.5 cm³/mol. The molecule has 6 heteroatoms. The van der Waals surface area contributed by atoms with Crippen molar-refractivity contribution in [2.75, 3.05) is 7.11 Å². The number of rotatable bonds is 8. The number of hydrogen-bond acceptors (Lipinski definition) is 6. The molecule has 146 valence electrons. The van der Waals surface area contributed by atoms with E-state index in [4.69, 9.17) is 14.2 Å². The molecule has 0 aromatic carbocycles. The van der Waals surface area contributed by atoms with E-state index in [-0.39, 0.29) is 0 Å². The first kappa shape index (κ1) is 20.8. The fourth-order valence-electron chi connectivity index (χ4n) is 3.39. The second kappa shape index (κ2) is 8.05. The van der Waals surface area contributed by atoms with E-state index in [1.165, 1.54) is 7.11 Å². The lowest BCUT2D eigenvalue weighted by atomic mass is 9.85. The Labute approximate surface area is 159 Å². The SMILES string of the molecule is C=C(C)[C@H]([C@H]1C=C(CCC(C=O)=C(C)C)C(=O)O1)[C@]1(OC)C=C(C)C(=O)O1. The third kappa shape index (κ3) is 4.11. The second-order valence-electron chi connectivity index (χ2n) is 7.17. The normalized spacial score (nSPS) is 25.3. The van der Waals surface area contributed by atoms with Crippen molar-refractivity contribution in [2.45, 2.75) is 52.4 Å². The average Bonchev–Trinajstić information content (AvgIpc) is 3.08. The molecule has 0 saturated carbocycles. The van der Waals surface area contributed by atoms with Crippen molar-refractivity contribution < 1.29 is 28.6 Å². The molecule has 2 rings (SSSR count). The molecule has 0 radical (unpaired) electrons. The van der Waals surface area contributed by atoms with Gasteiger partial charge in [0.2, 0.25) is 5.79 Å². The molecule has 6 nitrogen and oxygen atoms in total. The third-order valence-corrected chi connectivity index (χ3v) is 4.92. The topological polar surface area (TPSA) is 78.9 Å². The van der Waals surface area contributed by atoms with Crippen molar-refractivity contribution in [1.82, 2.24) is 0 Å². The minimum Gasteiger partial charge on any atom is -0.454 e. The number of ether oxygens (including phenoxy) is 3. The van der Waals surface area contributed by atoms with Crippen LogP contribution in [0, 0.1) is 5.92 Å². The van der Waals surface area contributed by atoms with Crippen molar-refractivity contribution in [2.24, 2.45) is 5.92 Å². The van der Waals surface area contributed by atoms with Gasteiger partial charge in [-0.1, -0.05) is 17.7 Å². The van der Waals surface area contributed by atoms with Crippen LogP contribution in [0.1, 0.15) is 40.5 Å². The van der Waals surface area contributed by atoms with Crippen LogP contribution < -0.4 is 0 Å². The average molecular weight is 374 g/mol. The fraction of sp³-hybridized carbons (Fsp3) is 0.476. The quantitative estimate of drug-likeness (QED) is 0.281. The number of esters is 2. The van der Waals surface area contributed by atoms with E-state index >= 15 is 0 Å². The number of carbonyl (C=O) groups is 3. The maximum atomic E-state index is 12.3. The summed E-state index contributed by atoms with van der Waals surface area (Å²) in [7, 11) is 1.44. The van der Waals surface area contributed by atoms with Crippen LogP contribution in [-0.2, 0) is 28.6 Å². The molecule has 2 aliphatic heterocycles. The highest BCUT2D eigenvalue weighted by Gasteiger charge is 2.51. The molecule has 0 spiro atoms. The molecule has 0 unspecified atom stereocenters. The Morgan fingerprint density at radius 2 is 2.00 bits per heavy atom. The number of allylic oxidation sites excluding steroid dienone is 2. The van der Waals surface area contributed by atoms with Gasteiger partial charge in [0.25, 0.3) is 0 Å². The highest BCUT2D eigenvalue weighted by Crippen LogP contribution is 2.41. The lowest BCUT2D eigenvalue weighted by Gasteiger charge is -2.36. The first-order valence-corrected chi connectivity index (χ1v) is 8.81. The van der Waals surface area contributed by atoms with E-state index in [0.717, 1.165) is 11.9 Å². The zero-order valence-electron chi connectivity index (χ0n) is 16.5. The van der Waals surface area contributed by atoms with E-state index in [1.807, 2.05) is 13.8 Å². The van der Waals surface area contributed by atoms with Crippen LogP contribution >= 0.6 is 0 Å². The molecular weight excluding hydrogens is 348 g/mol. The summed E-state index contributed by atoms with van der Waals surface area (Å²) in [5.74, 6) is -2.87. The Balaban J connectivity index is 2.29. The molecular formula is C21H26O6. The largest absolute Gasteiger partial charge is 0.454 e. The molecule has 3 atom stereocenters. The van der Waals surface area contributed by atoms with Crippen molar-refractivity contribution in [3.05, 3.63) is 46.6 Å². The van der Waals surface area contributed by atoms with Gasteiger partial charge >= 0.3 is 11.9 Å². The Hall–Kier alpha value is -2.47. The zero-order chi connectivity index (χ0) is 20.4. The zero-order valence-corrected chi connectivity index (χ0v) is 16.5. The van der Waals surface area contributed by atoms with E-state index in [2.05, 4.69) is 6.58 Å². The van der Waals surface area contributed by atoms with E-state index in [0.29, 0.717) is 35.1 Å². The highest BCUT2D eigenvalue weighted by atomic mass is 16.7. The van der Waals surface area contributed by atoms with Gasteiger partial charge in [-0.2, -0.15) is 0 Å². The summed E-state index contributed by atoms with van der Waals surface area (Å²) in [5, 5.41) is 0. The molecule has 2 aliphatic rings. The van der Waals surface area contributed by atoms with Gasteiger partial charge in [0.05, 0.1) is 5.92 Å². The van der Waals surface area contributed by atoms with E-state index < -0.39 is 29.7 Å². The fourth-order valence-corrected chi connectivity index (χ4v) is 3.39. The van der Waals surface area contributed by atoms with Crippen LogP contribution in [-0.4, -0.2) is 37.2 Å². The summed E-state index contributed by atoms with van der Waals surface area (Å²) in [6.45, 7) is 11.1. The maximum Gasteiger partial charge on any atom is 0.336 e. The maximum absolute atomic E-state index is 12.3. The number of methoxy groups -OCH3 is 1. The summed E-state index contributed by atoms with van der Waals surface area (Å²) >= 11 is 0. The molecule has 0 aromatic heterocycles. The summed E-state index contributed by atoms with van der Waals surface area (Å²) in [6.07, 6.45) is 4.31. The lowest BCUT2D eigenvalue weighted by Crippen LogP contribution is -2.46. The second-order valence-corrected chi connectivity index (χ2v) is 7.17. The first-order chi connectivity index (χ1) is 12.6. The van der Waals surface area contributed by atoms with Crippen molar-refractivity contribution in [1.29, 1.82) is 0 Å². The first-order valence-electron chi connectivity index (χ1n) is 8.81. The molecule has 0 fully saturated rings. The Bertz CT molecular complexity index is 766. The predicted octanol–water partition coefficient (Wildman–Crippen LogP) is 3.19. The van der Waals surface area contributed by atoms with E-state index in [1.54, 1.807) is 26.0 Å². The summed E-state index contributed by atoms with van der Waals surface area (Å²) in [6, 6.07) is 0. The molecule has 0 bridgehead atoms. The molecule has 0 saturated heterocycles. The van der Waals surface area contributed by atoms with Crippen LogP contribution in [0.3, 0.4) is 0 Å². The number of aldehydes is 1. The van der Waals surface area contributed by atoms with Crippen LogP contribution in [0.2, 0.25) is 0 Å². The van der Waals surface area contributed by atoms with Crippen LogP contribution in [0.5, 0.6) is 0 Å².